The Balaban J connectivity index is 2.12. The van der Waals surface area contributed by atoms with Gasteiger partial charge in [0.05, 0.1) is 13.2 Å². The summed E-state index contributed by atoms with van der Waals surface area (Å²) in [7, 11) is 0. The Morgan fingerprint density at radius 3 is 1.87 bits per heavy atom. The highest BCUT2D eigenvalue weighted by Crippen LogP contribution is 2.38. The van der Waals surface area contributed by atoms with Crippen molar-refractivity contribution in [1.29, 1.82) is 0 Å². The number of ether oxygens (including phenoxy) is 2. The number of fused-ring (bicyclic) bond motifs is 3. The third-order valence-corrected chi connectivity index (χ3v) is 7.33. The van der Waals surface area contributed by atoms with Crippen LogP contribution in [0.2, 0.25) is 0 Å². The SMILES string of the molecule is C=CC(=O)OCC1CCCC2CCCCCCCCCCC(C1)CC2COC(=O)C=C. The van der Waals surface area contributed by atoms with Gasteiger partial charge in [-0.2, -0.15) is 0 Å². The van der Waals surface area contributed by atoms with Crippen molar-refractivity contribution in [3.8, 4) is 0 Å². The summed E-state index contributed by atoms with van der Waals surface area (Å²) < 4.78 is 11.0. The molecule has 0 aliphatic heterocycles. The monoisotopic (exact) mass is 432 g/mol. The summed E-state index contributed by atoms with van der Waals surface area (Å²) in [4.78, 5) is 23.4. The zero-order valence-electron chi connectivity index (χ0n) is 19.5. The minimum Gasteiger partial charge on any atom is -0.462 e. The first-order valence-electron chi connectivity index (χ1n) is 12.7. The highest BCUT2D eigenvalue weighted by Gasteiger charge is 2.29. The fourth-order valence-corrected chi connectivity index (χ4v) is 5.59. The summed E-state index contributed by atoms with van der Waals surface area (Å²) in [5, 5.41) is 0. The molecule has 0 saturated heterocycles. The van der Waals surface area contributed by atoms with Gasteiger partial charge in [0, 0.05) is 12.2 Å². The van der Waals surface area contributed by atoms with E-state index in [2.05, 4.69) is 13.2 Å². The lowest BCUT2D eigenvalue weighted by Gasteiger charge is -2.30. The molecule has 0 N–H and O–H groups in total. The zero-order chi connectivity index (χ0) is 22.3. The number of carbonyl (C=O) groups is 2. The van der Waals surface area contributed by atoms with E-state index in [9.17, 15) is 9.59 Å². The van der Waals surface area contributed by atoms with Crippen LogP contribution in [0.25, 0.3) is 0 Å². The Bertz CT molecular complexity index is 555. The molecule has 4 atom stereocenters. The van der Waals surface area contributed by atoms with E-state index in [-0.39, 0.29) is 11.9 Å². The van der Waals surface area contributed by atoms with Crippen LogP contribution in [0.1, 0.15) is 96.3 Å². The number of rotatable bonds is 6. The number of esters is 2. The summed E-state index contributed by atoms with van der Waals surface area (Å²) in [5.74, 6) is 1.42. The molecule has 0 amide bonds. The van der Waals surface area contributed by atoms with Gasteiger partial charge in [0.2, 0.25) is 0 Å². The Hall–Kier alpha value is -1.58. The standard InChI is InChI=1S/C27H44O4/c1-3-26(28)30-20-23-15-13-17-24-16-12-10-8-6-5-7-9-11-14-22(18-23)19-25(24)21-31-27(29)4-2/h3-4,22-25H,1-2,5-21H2. The van der Waals surface area contributed by atoms with Gasteiger partial charge >= 0.3 is 11.9 Å². The first-order chi connectivity index (χ1) is 15.1. The smallest absolute Gasteiger partial charge is 0.330 e. The van der Waals surface area contributed by atoms with Crippen LogP contribution in [0, 0.1) is 23.7 Å². The summed E-state index contributed by atoms with van der Waals surface area (Å²) in [6, 6.07) is 0. The molecule has 0 spiro atoms. The molecule has 176 valence electrons. The van der Waals surface area contributed by atoms with Crippen molar-refractivity contribution >= 4 is 11.9 Å². The minimum absolute atomic E-state index is 0.307. The fraction of sp³-hybridized carbons (Fsp3) is 0.778. The lowest BCUT2D eigenvalue weighted by molar-refractivity contribution is -0.140. The number of hydrogen-bond acceptors (Lipinski definition) is 4. The van der Waals surface area contributed by atoms with E-state index >= 15 is 0 Å². The molecule has 4 unspecified atom stereocenters. The number of hydrogen-bond donors (Lipinski definition) is 0. The Kier molecular flexibility index (Phi) is 12.6. The largest absolute Gasteiger partial charge is 0.462 e. The summed E-state index contributed by atoms with van der Waals surface area (Å²) >= 11 is 0. The van der Waals surface area contributed by atoms with Crippen molar-refractivity contribution in [2.24, 2.45) is 23.7 Å². The van der Waals surface area contributed by atoms with Crippen molar-refractivity contribution in [2.75, 3.05) is 13.2 Å². The van der Waals surface area contributed by atoms with Gasteiger partial charge in [-0.3, -0.25) is 0 Å². The van der Waals surface area contributed by atoms with Crippen molar-refractivity contribution in [1.82, 2.24) is 0 Å². The molecular weight excluding hydrogens is 388 g/mol. The van der Waals surface area contributed by atoms with Gasteiger partial charge in [0.25, 0.3) is 0 Å². The third-order valence-electron chi connectivity index (χ3n) is 7.33. The van der Waals surface area contributed by atoms with Gasteiger partial charge in [-0.05, 0) is 42.9 Å². The molecule has 0 radical (unpaired) electrons. The Morgan fingerprint density at radius 1 is 0.677 bits per heavy atom. The molecule has 0 heterocycles. The molecule has 31 heavy (non-hydrogen) atoms. The van der Waals surface area contributed by atoms with Crippen LogP contribution >= 0.6 is 0 Å². The maximum atomic E-state index is 11.8. The third kappa shape index (κ3) is 10.5. The van der Waals surface area contributed by atoms with Crippen LogP contribution in [0.15, 0.2) is 25.3 Å². The zero-order valence-corrected chi connectivity index (χ0v) is 19.5. The first kappa shape index (κ1) is 25.7. The molecule has 2 saturated carbocycles. The minimum atomic E-state index is -0.318. The van der Waals surface area contributed by atoms with Gasteiger partial charge < -0.3 is 9.47 Å². The van der Waals surface area contributed by atoms with E-state index in [1.54, 1.807) is 0 Å². The van der Waals surface area contributed by atoms with E-state index < -0.39 is 0 Å². The predicted molar refractivity (Wildman–Crippen MR) is 126 cm³/mol. The van der Waals surface area contributed by atoms with Crippen LogP contribution in [0.3, 0.4) is 0 Å². The molecule has 0 aromatic rings. The average molecular weight is 433 g/mol. The van der Waals surface area contributed by atoms with E-state index in [4.69, 9.17) is 9.47 Å². The molecule has 2 fully saturated rings. The molecule has 0 aromatic heterocycles. The second-order valence-corrected chi connectivity index (χ2v) is 9.73. The van der Waals surface area contributed by atoms with Gasteiger partial charge in [0.15, 0.2) is 0 Å². The van der Waals surface area contributed by atoms with Crippen LogP contribution in [0.4, 0.5) is 0 Å². The summed E-state index contributed by atoms with van der Waals surface area (Å²) in [5.41, 5.74) is 0. The Labute approximate surface area is 189 Å². The first-order valence-corrected chi connectivity index (χ1v) is 12.7. The van der Waals surface area contributed by atoms with Crippen LogP contribution in [-0.4, -0.2) is 25.2 Å². The van der Waals surface area contributed by atoms with E-state index in [0.717, 1.165) is 25.7 Å². The lowest BCUT2D eigenvalue weighted by atomic mass is 9.78. The summed E-state index contributed by atoms with van der Waals surface area (Å²) in [6.45, 7) is 8.09. The Morgan fingerprint density at radius 2 is 1.23 bits per heavy atom. The van der Waals surface area contributed by atoms with Crippen molar-refractivity contribution in [2.45, 2.75) is 96.3 Å². The molecular formula is C27H44O4. The average Bonchev–Trinajstić information content (AvgIpc) is 2.86. The van der Waals surface area contributed by atoms with Crippen molar-refractivity contribution in [3.05, 3.63) is 25.3 Å². The van der Waals surface area contributed by atoms with Gasteiger partial charge in [-0.1, -0.05) is 90.2 Å². The second-order valence-electron chi connectivity index (χ2n) is 9.73. The van der Waals surface area contributed by atoms with E-state index in [1.165, 1.54) is 82.8 Å². The van der Waals surface area contributed by atoms with Gasteiger partial charge in [-0.15, -0.1) is 0 Å². The van der Waals surface area contributed by atoms with Crippen LogP contribution in [-0.2, 0) is 19.1 Å². The second kappa shape index (κ2) is 15.3. The molecule has 2 rings (SSSR count). The molecule has 4 heteroatoms. The molecule has 2 aliphatic carbocycles. The molecule has 2 bridgehead atoms. The lowest BCUT2D eigenvalue weighted by Crippen LogP contribution is -2.25. The van der Waals surface area contributed by atoms with Gasteiger partial charge in [-0.25, -0.2) is 9.59 Å². The highest BCUT2D eigenvalue weighted by molar-refractivity contribution is 5.81. The number of carbonyl (C=O) groups excluding carboxylic acids is 2. The van der Waals surface area contributed by atoms with Crippen molar-refractivity contribution < 1.29 is 19.1 Å². The van der Waals surface area contributed by atoms with Crippen LogP contribution < -0.4 is 0 Å². The van der Waals surface area contributed by atoms with Gasteiger partial charge in [0.1, 0.15) is 0 Å². The molecule has 0 aromatic carbocycles. The topological polar surface area (TPSA) is 52.6 Å². The normalized spacial score (nSPS) is 28.8. The molecule has 4 nitrogen and oxygen atoms in total. The molecule has 2 aliphatic rings. The highest BCUT2D eigenvalue weighted by atomic mass is 16.5. The van der Waals surface area contributed by atoms with Crippen LogP contribution in [0.5, 0.6) is 0 Å². The maximum absolute atomic E-state index is 11.8. The van der Waals surface area contributed by atoms with E-state index in [0.29, 0.717) is 36.9 Å². The fourth-order valence-electron chi connectivity index (χ4n) is 5.59. The quantitative estimate of drug-likeness (QED) is 0.342. The van der Waals surface area contributed by atoms with Crippen molar-refractivity contribution in [3.63, 3.8) is 0 Å². The predicted octanol–water partition coefficient (Wildman–Crippen LogP) is 6.79. The maximum Gasteiger partial charge on any atom is 0.330 e. The van der Waals surface area contributed by atoms with E-state index in [1.807, 2.05) is 0 Å². The summed E-state index contributed by atoms with van der Waals surface area (Å²) in [6.07, 6.45) is 21.3.